The minimum atomic E-state index is -0.590. The second-order valence-electron chi connectivity index (χ2n) is 11.7. The van der Waals surface area contributed by atoms with E-state index in [9.17, 15) is 9.90 Å². The van der Waals surface area contributed by atoms with Crippen molar-refractivity contribution in [2.24, 2.45) is 28.6 Å². The predicted octanol–water partition coefficient (Wildman–Crippen LogP) is 5.10. The molecule has 0 aromatic rings. The second kappa shape index (κ2) is 5.97. The van der Waals surface area contributed by atoms with Gasteiger partial charge in [-0.2, -0.15) is 0 Å². The van der Waals surface area contributed by atoms with Crippen molar-refractivity contribution in [3.63, 3.8) is 0 Å². The number of ether oxygens (including phenoxy) is 1. The number of aliphatic hydroxyl groups is 1. The lowest BCUT2D eigenvalue weighted by molar-refractivity contribution is -0.175. The molecule has 3 aliphatic carbocycles. The molecule has 3 nitrogen and oxygen atoms in total. The first-order valence-corrected chi connectivity index (χ1v) is 10.3. The highest BCUT2D eigenvalue weighted by Crippen LogP contribution is 2.59. The second-order valence-corrected chi connectivity index (χ2v) is 11.7. The first-order valence-electron chi connectivity index (χ1n) is 10.3. The van der Waals surface area contributed by atoms with Crippen molar-refractivity contribution in [2.75, 3.05) is 0 Å². The Hall–Kier alpha value is -0.570. The van der Waals surface area contributed by atoms with Crippen LogP contribution in [-0.2, 0) is 9.53 Å². The number of carbonyl (C=O) groups is 1. The fraction of sp³-hybridized carbons (Fsp3) is 0.955. The van der Waals surface area contributed by atoms with Gasteiger partial charge in [-0.3, -0.25) is 4.79 Å². The van der Waals surface area contributed by atoms with Gasteiger partial charge in [0.25, 0.3) is 0 Å². The minimum Gasteiger partial charge on any atom is -0.459 e. The van der Waals surface area contributed by atoms with Crippen molar-refractivity contribution >= 4 is 5.97 Å². The lowest BCUT2D eigenvalue weighted by Gasteiger charge is -2.40. The van der Waals surface area contributed by atoms with Gasteiger partial charge in [-0.05, 0) is 54.8 Å². The van der Waals surface area contributed by atoms with Crippen LogP contribution in [0, 0.1) is 28.6 Å². The maximum atomic E-state index is 13.2. The molecule has 1 N–H and O–H groups in total. The van der Waals surface area contributed by atoms with Gasteiger partial charge in [0.05, 0.1) is 11.5 Å². The van der Waals surface area contributed by atoms with Gasteiger partial charge in [-0.1, -0.05) is 54.4 Å². The molecule has 3 aliphatic rings. The highest BCUT2D eigenvalue weighted by Gasteiger charge is 2.61. The molecule has 0 radical (unpaired) electrons. The van der Waals surface area contributed by atoms with Crippen molar-refractivity contribution in [3.8, 4) is 0 Å². The summed E-state index contributed by atoms with van der Waals surface area (Å²) < 4.78 is 6.31. The highest BCUT2D eigenvalue weighted by atomic mass is 16.6. The van der Waals surface area contributed by atoms with Crippen LogP contribution < -0.4 is 0 Å². The zero-order valence-electron chi connectivity index (χ0n) is 17.2. The number of esters is 1. The summed E-state index contributed by atoms with van der Waals surface area (Å²) >= 11 is 0. The van der Waals surface area contributed by atoms with Crippen molar-refractivity contribution in [2.45, 2.75) is 104 Å². The molecule has 3 rings (SSSR count). The first kappa shape index (κ1) is 19.2. The normalized spacial score (nSPS) is 39.2. The van der Waals surface area contributed by atoms with E-state index in [0.29, 0.717) is 18.3 Å². The summed E-state index contributed by atoms with van der Waals surface area (Å²) in [5, 5.41) is 11.2. The Morgan fingerprint density at radius 3 is 2.48 bits per heavy atom. The van der Waals surface area contributed by atoms with E-state index in [2.05, 4.69) is 41.5 Å². The molecule has 5 unspecified atom stereocenters. The molecule has 0 amide bonds. The first-order chi connectivity index (χ1) is 11.3. The number of hydrogen-bond acceptors (Lipinski definition) is 3. The van der Waals surface area contributed by atoms with Crippen LogP contribution in [0.5, 0.6) is 0 Å². The van der Waals surface area contributed by atoms with Crippen LogP contribution in [-0.4, -0.2) is 22.3 Å². The summed E-state index contributed by atoms with van der Waals surface area (Å²) in [4.78, 5) is 13.2. The lowest BCUT2D eigenvalue weighted by atomic mass is 9.72. The molecule has 0 aliphatic heterocycles. The van der Waals surface area contributed by atoms with E-state index in [-0.39, 0.29) is 22.7 Å². The monoisotopic (exact) mass is 350 g/mol. The van der Waals surface area contributed by atoms with Gasteiger partial charge in [0.15, 0.2) is 0 Å². The SMILES string of the molecule is CC(C)(C)CC(C(=O)OC12CC3CCCC(O)(C1)C(C3)C2)C(C)(C)C. The maximum Gasteiger partial charge on any atom is 0.310 e. The van der Waals surface area contributed by atoms with Crippen molar-refractivity contribution in [1.29, 1.82) is 0 Å². The zero-order chi connectivity index (χ0) is 18.7. The largest absolute Gasteiger partial charge is 0.459 e. The van der Waals surface area contributed by atoms with Gasteiger partial charge in [-0.15, -0.1) is 0 Å². The van der Waals surface area contributed by atoms with E-state index in [1.807, 2.05) is 0 Å². The molecule has 144 valence electrons. The molecule has 3 heteroatoms. The molecule has 5 atom stereocenters. The van der Waals surface area contributed by atoms with Crippen LogP contribution >= 0.6 is 0 Å². The number of fused-ring (bicyclic) bond motifs is 2. The van der Waals surface area contributed by atoms with Gasteiger partial charge >= 0.3 is 5.97 Å². The smallest absolute Gasteiger partial charge is 0.310 e. The molecule has 3 saturated carbocycles. The predicted molar refractivity (Wildman–Crippen MR) is 100 cm³/mol. The van der Waals surface area contributed by atoms with Crippen LogP contribution in [0.2, 0.25) is 0 Å². The topological polar surface area (TPSA) is 46.5 Å². The van der Waals surface area contributed by atoms with Crippen molar-refractivity contribution < 1.29 is 14.6 Å². The Morgan fingerprint density at radius 2 is 1.88 bits per heavy atom. The quantitative estimate of drug-likeness (QED) is 0.720. The third-order valence-corrected chi connectivity index (χ3v) is 6.97. The highest BCUT2D eigenvalue weighted by molar-refractivity contribution is 5.74. The molecular weight excluding hydrogens is 312 g/mol. The van der Waals surface area contributed by atoms with Crippen LogP contribution in [0.25, 0.3) is 0 Å². The number of rotatable bonds is 3. The Labute approximate surface area is 153 Å². The van der Waals surface area contributed by atoms with E-state index in [1.54, 1.807) is 0 Å². The van der Waals surface area contributed by atoms with Crippen molar-refractivity contribution in [3.05, 3.63) is 0 Å². The third kappa shape index (κ3) is 3.91. The molecule has 0 aromatic carbocycles. The van der Waals surface area contributed by atoms with Crippen LogP contribution in [0.1, 0.15) is 92.9 Å². The van der Waals surface area contributed by atoms with E-state index in [4.69, 9.17) is 4.74 Å². The van der Waals surface area contributed by atoms with Gasteiger partial charge in [0.2, 0.25) is 0 Å². The Bertz CT molecular complexity index is 522. The van der Waals surface area contributed by atoms with Gasteiger partial charge in [-0.25, -0.2) is 0 Å². The number of hydrogen-bond donors (Lipinski definition) is 1. The molecule has 3 bridgehead atoms. The molecule has 0 aromatic heterocycles. The fourth-order valence-corrected chi connectivity index (χ4v) is 5.85. The molecule has 0 heterocycles. The van der Waals surface area contributed by atoms with Gasteiger partial charge in [0, 0.05) is 6.42 Å². The summed E-state index contributed by atoms with van der Waals surface area (Å²) in [6.07, 6.45) is 7.65. The van der Waals surface area contributed by atoms with Gasteiger partial charge in [0.1, 0.15) is 5.60 Å². The molecular formula is C22H38O3. The molecule has 0 saturated heterocycles. The third-order valence-electron chi connectivity index (χ3n) is 6.97. The fourth-order valence-electron chi connectivity index (χ4n) is 5.85. The summed E-state index contributed by atoms with van der Waals surface area (Å²) in [6, 6.07) is 0. The Morgan fingerprint density at radius 1 is 1.20 bits per heavy atom. The van der Waals surface area contributed by atoms with Crippen LogP contribution in [0.4, 0.5) is 0 Å². The molecule has 3 fully saturated rings. The lowest BCUT2D eigenvalue weighted by Crippen LogP contribution is -2.43. The average Bonchev–Trinajstić information content (AvgIpc) is 2.52. The summed E-state index contributed by atoms with van der Waals surface area (Å²) in [6.45, 7) is 13.0. The minimum absolute atomic E-state index is 0.0355. The summed E-state index contributed by atoms with van der Waals surface area (Å²) in [5.74, 6) is 0.819. The van der Waals surface area contributed by atoms with E-state index < -0.39 is 11.2 Å². The van der Waals surface area contributed by atoms with Gasteiger partial charge < -0.3 is 9.84 Å². The Kier molecular flexibility index (Phi) is 4.59. The standard InChI is InChI=1S/C22H38O3/c1-19(2,3)13-17(20(4,5)6)18(23)25-21-11-15-8-7-9-22(24,14-21)16(10-15)12-21/h15-17,24H,7-14H2,1-6H3. The molecule has 25 heavy (non-hydrogen) atoms. The van der Waals surface area contributed by atoms with Crippen molar-refractivity contribution in [1.82, 2.24) is 0 Å². The van der Waals surface area contributed by atoms with E-state index in [0.717, 1.165) is 38.5 Å². The average molecular weight is 351 g/mol. The Balaban J connectivity index is 1.80. The van der Waals surface area contributed by atoms with E-state index in [1.165, 1.54) is 6.42 Å². The molecule has 0 spiro atoms. The van der Waals surface area contributed by atoms with E-state index >= 15 is 0 Å². The van der Waals surface area contributed by atoms with Crippen LogP contribution in [0.15, 0.2) is 0 Å². The summed E-state index contributed by atoms with van der Waals surface area (Å²) in [7, 11) is 0. The maximum absolute atomic E-state index is 13.2. The summed E-state index contributed by atoms with van der Waals surface area (Å²) in [5.41, 5.74) is -1.01. The van der Waals surface area contributed by atoms with Crippen LogP contribution in [0.3, 0.4) is 0 Å². The number of carbonyl (C=O) groups excluding carboxylic acids is 1. The zero-order valence-corrected chi connectivity index (χ0v) is 17.2.